The fraction of sp³-hybridized carbons (Fsp3) is 0.333. The first kappa shape index (κ1) is 26.1. The van der Waals surface area contributed by atoms with Gasteiger partial charge in [0.25, 0.3) is 0 Å². The summed E-state index contributed by atoms with van der Waals surface area (Å²) in [6, 6.07) is 23.1. The fourth-order valence-corrected chi connectivity index (χ4v) is 5.26. The lowest BCUT2D eigenvalue weighted by Crippen LogP contribution is -2.53. The van der Waals surface area contributed by atoms with Gasteiger partial charge in [0.1, 0.15) is 11.9 Å². The van der Waals surface area contributed by atoms with Gasteiger partial charge in [0.2, 0.25) is 11.8 Å². The number of nitrogens with one attached hydrogen (secondary N) is 1. The molecule has 1 aliphatic carbocycles. The van der Waals surface area contributed by atoms with Crippen LogP contribution in [0, 0.1) is 5.82 Å². The maximum atomic E-state index is 13.8. The number of benzene rings is 3. The zero-order valence-corrected chi connectivity index (χ0v) is 21.9. The summed E-state index contributed by atoms with van der Waals surface area (Å²) >= 11 is 3.52. The van der Waals surface area contributed by atoms with Gasteiger partial charge in [0, 0.05) is 23.5 Å². The Morgan fingerprint density at radius 3 is 2.28 bits per heavy atom. The number of rotatable bonds is 9. The second-order valence-corrected chi connectivity index (χ2v) is 10.4. The molecule has 0 aromatic heterocycles. The average molecular weight is 552 g/mol. The molecule has 188 valence electrons. The molecule has 4 nitrogen and oxygen atoms in total. The summed E-state index contributed by atoms with van der Waals surface area (Å²) in [4.78, 5) is 29.2. The van der Waals surface area contributed by atoms with Crippen molar-refractivity contribution in [3.8, 4) is 0 Å². The number of hydrogen-bond donors (Lipinski definition) is 1. The topological polar surface area (TPSA) is 49.4 Å². The Hall–Kier alpha value is -2.99. The normalized spacial score (nSPS) is 14.7. The van der Waals surface area contributed by atoms with E-state index in [9.17, 15) is 14.0 Å². The van der Waals surface area contributed by atoms with Gasteiger partial charge < -0.3 is 10.2 Å². The Morgan fingerprint density at radius 1 is 0.889 bits per heavy atom. The summed E-state index contributed by atoms with van der Waals surface area (Å²) in [6.45, 7) is 0.301. The molecule has 0 bridgehead atoms. The van der Waals surface area contributed by atoms with Gasteiger partial charge in [-0.1, -0.05) is 89.8 Å². The molecular weight excluding hydrogens is 519 g/mol. The van der Waals surface area contributed by atoms with Crippen molar-refractivity contribution < 1.29 is 14.0 Å². The summed E-state index contributed by atoms with van der Waals surface area (Å²) in [5.74, 6) is -0.625. The van der Waals surface area contributed by atoms with Gasteiger partial charge in [-0.25, -0.2) is 4.39 Å². The van der Waals surface area contributed by atoms with Crippen LogP contribution >= 0.6 is 15.9 Å². The molecule has 0 saturated heterocycles. The van der Waals surface area contributed by atoms with E-state index in [1.807, 2.05) is 54.6 Å². The van der Waals surface area contributed by atoms with E-state index >= 15 is 0 Å². The van der Waals surface area contributed by atoms with E-state index in [0.717, 1.165) is 41.3 Å². The first-order chi connectivity index (χ1) is 17.5. The Balaban J connectivity index is 1.65. The van der Waals surface area contributed by atoms with Gasteiger partial charge >= 0.3 is 0 Å². The standard InChI is InChI=1S/C30H32BrFN2O2/c31-25-11-7-10-24(18-25)21-34(29(35)20-23-14-16-26(32)17-15-23)28(19-22-8-3-1-4-9-22)30(36)33-27-12-5-2-6-13-27/h1,3-4,7-11,14-18,27-28H,2,5-6,12-13,19-21H2,(H,33,36)/t28-/m1/s1. The highest BCUT2D eigenvalue weighted by Crippen LogP contribution is 2.21. The number of halogens is 2. The maximum Gasteiger partial charge on any atom is 0.243 e. The van der Waals surface area contributed by atoms with Crippen molar-refractivity contribution in [1.82, 2.24) is 10.2 Å². The molecule has 0 radical (unpaired) electrons. The molecule has 1 aliphatic rings. The Labute approximate surface area is 221 Å². The van der Waals surface area contributed by atoms with Gasteiger partial charge in [0.05, 0.1) is 6.42 Å². The molecule has 1 fully saturated rings. The highest BCUT2D eigenvalue weighted by atomic mass is 79.9. The Morgan fingerprint density at radius 2 is 1.58 bits per heavy atom. The van der Waals surface area contributed by atoms with E-state index in [2.05, 4.69) is 21.2 Å². The minimum absolute atomic E-state index is 0.0935. The average Bonchev–Trinajstić information content (AvgIpc) is 2.88. The number of nitrogens with zero attached hydrogens (tertiary/aromatic N) is 1. The van der Waals surface area contributed by atoms with Crippen LogP contribution in [0.2, 0.25) is 0 Å². The molecular formula is C30H32BrFN2O2. The smallest absolute Gasteiger partial charge is 0.243 e. The third-order valence-corrected chi connectivity index (χ3v) is 7.23. The van der Waals surface area contributed by atoms with Crippen molar-refractivity contribution in [1.29, 1.82) is 0 Å². The molecule has 3 aromatic carbocycles. The summed E-state index contributed by atoms with van der Waals surface area (Å²) in [5.41, 5.74) is 2.64. The lowest BCUT2D eigenvalue weighted by molar-refractivity contribution is -0.141. The Bertz CT molecular complexity index is 1150. The number of amides is 2. The number of carbonyl (C=O) groups is 2. The van der Waals surface area contributed by atoms with Crippen LogP contribution < -0.4 is 5.32 Å². The quantitative estimate of drug-likeness (QED) is 0.343. The van der Waals surface area contributed by atoms with Crippen LogP contribution in [-0.2, 0) is 29.0 Å². The lowest BCUT2D eigenvalue weighted by Gasteiger charge is -2.33. The molecule has 36 heavy (non-hydrogen) atoms. The van der Waals surface area contributed by atoms with E-state index in [0.29, 0.717) is 18.5 Å². The van der Waals surface area contributed by atoms with Gasteiger partial charge in [-0.05, 0) is 53.8 Å². The van der Waals surface area contributed by atoms with Gasteiger partial charge in [0.15, 0.2) is 0 Å². The summed E-state index contributed by atoms with van der Waals surface area (Å²) in [6.07, 6.45) is 5.88. The highest BCUT2D eigenvalue weighted by Gasteiger charge is 2.32. The minimum atomic E-state index is -0.666. The van der Waals surface area contributed by atoms with Crippen LogP contribution in [0.15, 0.2) is 83.3 Å². The third-order valence-electron chi connectivity index (χ3n) is 6.73. The fourth-order valence-electron chi connectivity index (χ4n) is 4.81. The third kappa shape index (κ3) is 7.50. The lowest BCUT2D eigenvalue weighted by atomic mass is 9.94. The summed E-state index contributed by atoms with van der Waals surface area (Å²) in [7, 11) is 0. The highest BCUT2D eigenvalue weighted by molar-refractivity contribution is 9.10. The van der Waals surface area contributed by atoms with Gasteiger partial charge in [-0.15, -0.1) is 0 Å². The predicted octanol–water partition coefficient (Wildman–Crippen LogP) is 6.22. The molecule has 0 heterocycles. The van der Waals surface area contributed by atoms with Crippen LogP contribution in [0.5, 0.6) is 0 Å². The van der Waals surface area contributed by atoms with E-state index in [1.54, 1.807) is 17.0 Å². The second kappa shape index (κ2) is 12.8. The molecule has 0 unspecified atom stereocenters. The van der Waals surface area contributed by atoms with E-state index < -0.39 is 6.04 Å². The van der Waals surface area contributed by atoms with Crippen molar-refractivity contribution >= 4 is 27.7 Å². The summed E-state index contributed by atoms with van der Waals surface area (Å²) < 4.78 is 14.4. The molecule has 1 saturated carbocycles. The van der Waals surface area contributed by atoms with Crippen molar-refractivity contribution in [3.63, 3.8) is 0 Å². The van der Waals surface area contributed by atoms with Crippen LogP contribution in [0.25, 0.3) is 0 Å². The van der Waals surface area contributed by atoms with Gasteiger partial charge in [-0.3, -0.25) is 9.59 Å². The molecule has 1 N–H and O–H groups in total. The SMILES string of the molecule is O=C(NC1CCCCC1)[C@@H](Cc1ccccc1)N(Cc1cccc(Br)c1)C(=O)Cc1ccc(F)cc1. The van der Waals surface area contributed by atoms with Crippen LogP contribution in [-0.4, -0.2) is 28.8 Å². The first-order valence-corrected chi connectivity index (χ1v) is 13.4. The van der Waals surface area contributed by atoms with E-state index in [1.165, 1.54) is 18.6 Å². The largest absolute Gasteiger partial charge is 0.352 e. The summed E-state index contributed by atoms with van der Waals surface area (Å²) in [5, 5.41) is 3.25. The number of hydrogen-bond acceptors (Lipinski definition) is 2. The van der Waals surface area contributed by atoms with Crippen molar-refractivity contribution in [2.75, 3.05) is 0 Å². The van der Waals surface area contributed by atoms with Crippen molar-refractivity contribution in [2.24, 2.45) is 0 Å². The molecule has 3 aromatic rings. The molecule has 0 aliphatic heterocycles. The molecule has 2 amide bonds. The Kier molecular flexibility index (Phi) is 9.29. The second-order valence-electron chi connectivity index (χ2n) is 9.50. The zero-order chi connectivity index (χ0) is 25.3. The molecule has 4 rings (SSSR count). The van der Waals surface area contributed by atoms with Crippen LogP contribution in [0.4, 0.5) is 4.39 Å². The minimum Gasteiger partial charge on any atom is -0.352 e. The van der Waals surface area contributed by atoms with Crippen LogP contribution in [0.1, 0.15) is 48.8 Å². The monoisotopic (exact) mass is 550 g/mol. The molecule has 0 spiro atoms. The van der Waals surface area contributed by atoms with Crippen molar-refractivity contribution in [2.45, 2.75) is 63.6 Å². The van der Waals surface area contributed by atoms with Crippen molar-refractivity contribution in [3.05, 3.63) is 106 Å². The zero-order valence-electron chi connectivity index (χ0n) is 20.3. The maximum absolute atomic E-state index is 13.8. The van der Waals surface area contributed by atoms with E-state index in [4.69, 9.17) is 0 Å². The molecule has 1 atom stereocenters. The number of carbonyl (C=O) groups excluding carboxylic acids is 2. The first-order valence-electron chi connectivity index (χ1n) is 12.6. The van der Waals surface area contributed by atoms with Crippen LogP contribution in [0.3, 0.4) is 0 Å². The van der Waals surface area contributed by atoms with Gasteiger partial charge in [-0.2, -0.15) is 0 Å². The van der Waals surface area contributed by atoms with E-state index in [-0.39, 0.29) is 30.1 Å². The predicted molar refractivity (Wildman–Crippen MR) is 144 cm³/mol. The molecule has 6 heteroatoms.